The fraction of sp³-hybridized carbons (Fsp3) is 0.600. The number of hydrogen-bond acceptors (Lipinski definition) is 4. The second kappa shape index (κ2) is 6.76. The van der Waals surface area contributed by atoms with Crippen LogP contribution in [0.5, 0.6) is 0 Å². The lowest BCUT2D eigenvalue weighted by molar-refractivity contribution is -0.135. The van der Waals surface area contributed by atoms with Gasteiger partial charge in [-0.25, -0.2) is 0 Å². The summed E-state index contributed by atoms with van der Waals surface area (Å²) in [6.07, 6.45) is 2.36. The Labute approximate surface area is 124 Å². The first-order valence-electron chi connectivity index (χ1n) is 7.41. The normalized spacial score (nSPS) is 18.4. The molecular weight excluding hydrogens is 270 g/mol. The molecule has 2 N–H and O–H groups in total. The van der Waals surface area contributed by atoms with E-state index in [9.17, 15) is 9.59 Å². The molecule has 2 heterocycles. The Bertz CT molecular complexity index is 478. The van der Waals surface area contributed by atoms with Crippen molar-refractivity contribution in [2.45, 2.75) is 26.3 Å². The lowest BCUT2D eigenvalue weighted by atomic mass is 9.98. The number of amides is 2. The molecule has 0 saturated carbocycles. The van der Waals surface area contributed by atoms with Gasteiger partial charge in [-0.3, -0.25) is 9.59 Å². The first kappa shape index (κ1) is 15.6. The van der Waals surface area contributed by atoms with E-state index in [1.165, 1.54) is 6.26 Å². The Hall–Kier alpha value is -1.82. The van der Waals surface area contributed by atoms with E-state index in [2.05, 4.69) is 0 Å². The molecule has 0 aliphatic carbocycles. The predicted molar refractivity (Wildman–Crippen MR) is 78.6 cm³/mol. The van der Waals surface area contributed by atoms with E-state index in [4.69, 9.17) is 10.2 Å². The van der Waals surface area contributed by atoms with Crippen LogP contribution >= 0.6 is 0 Å². The van der Waals surface area contributed by atoms with Crippen LogP contribution in [-0.4, -0.2) is 53.8 Å². The van der Waals surface area contributed by atoms with Gasteiger partial charge in [-0.05, 0) is 18.1 Å². The van der Waals surface area contributed by atoms with Crippen LogP contribution in [0.3, 0.4) is 0 Å². The molecule has 1 aliphatic heterocycles. The van der Waals surface area contributed by atoms with Gasteiger partial charge in [0.2, 0.25) is 5.91 Å². The average Bonchev–Trinajstić information content (AvgIpc) is 3.06. The molecule has 0 aromatic carbocycles. The number of furan rings is 1. The van der Waals surface area contributed by atoms with E-state index in [1.54, 1.807) is 21.9 Å². The molecule has 2 atom stereocenters. The van der Waals surface area contributed by atoms with E-state index in [0.717, 1.165) is 6.42 Å². The molecule has 1 saturated heterocycles. The third kappa shape index (κ3) is 3.44. The second-order valence-corrected chi connectivity index (χ2v) is 5.51. The van der Waals surface area contributed by atoms with Crippen LogP contribution < -0.4 is 5.73 Å². The molecule has 1 fully saturated rings. The summed E-state index contributed by atoms with van der Waals surface area (Å²) in [7, 11) is 0. The number of hydrogen-bond donors (Lipinski definition) is 1. The Morgan fingerprint density at radius 1 is 1.29 bits per heavy atom. The van der Waals surface area contributed by atoms with Crippen molar-refractivity contribution in [1.82, 2.24) is 9.80 Å². The van der Waals surface area contributed by atoms with Crippen molar-refractivity contribution in [2.24, 2.45) is 11.7 Å². The average molecular weight is 293 g/mol. The van der Waals surface area contributed by atoms with Crippen molar-refractivity contribution >= 4 is 11.8 Å². The van der Waals surface area contributed by atoms with Gasteiger partial charge < -0.3 is 20.0 Å². The quantitative estimate of drug-likeness (QED) is 0.896. The summed E-state index contributed by atoms with van der Waals surface area (Å²) in [5.41, 5.74) is 5.99. The molecular formula is C15H23N3O3. The summed E-state index contributed by atoms with van der Waals surface area (Å²) in [4.78, 5) is 27.9. The number of rotatable bonds is 4. The molecule has 1 aromatic heterocycles. The topological polar surface area (TPSA) is 79.8 Å². The maximum atomic E-state index is 12.3. The zero-order valence-electron chi connectivity index (χ0n) is 12.6. The molecule has 0 radical (unpaired) electrons. The van der Waals surface area contributed by atoms with Crippen molar-refractivity contribution in [1.29, 1.82) is 0 Å². The summed E-state index contributed by atoms with van der Waals surface area (Å²) < 4.78 is 5.12. The smallest absolute Gasteiger partial charge is 0.289 e. The maximum Gasteiger partial charge on any atom is 0.289 e. The third-order valence-electron chi connectivity index (χ3n) is 4.15. The number of piperazine rings is 1. The number of carbonyl (C=O) groups excluding carboxylic acids is 2. The van der Waals surface area contributed by atoms with Crippen LogP contribution in [0.1, 0.15) is 30.8 Å². The molecule has 116 valence electrons. The predicted octanol–water partition coefficient (Wildman–Crippen LogP) is 0.937. The molecule has 1 aromatic rings. The van der Waals surface area contributed by atoms with Gasteiger partial charge in [0.15, 0.2) is 5.76 Å². The minimum atomic E-state index is -0.456. The minimum Gasteiger partial charge on any atom is -0.459 e. The van der Waals surface area contributed by atoms with Gasteiger partial charge in [0.25, 0.3) is 5.91 Å². The van der Waals surface area contributed by atoms with Gasteiger partial charge >= 0.3 is 0 Å². The number of nitrogens with zero attached hydrogens (tertiary/aromatic N) is 2. The molecule has 0 spiro atoms. The van der Waals surface area contributed by atoms with Gasteiger partial charge in [-0.1, -0.05) is 20.3 Å². The summed E-state index contributed by atoms with van der Waals surface area (Å²) >= 11 is 0. The van der Waals surface area contributed by atoms with E-state index in [-0.39, 0.29) is 17.7 Å². The van der Waals surface area contributed by atoms with Crippen LogP contribution in [0.4, 0.5) is 0 Å². The summed E-state index contributed by atoms with van der Waals surface area (Å²) in [6.45, 7) is 6.08. The van der Waals surface area contributed by atoms with Crippen LogP contribution in [0.2, 0.25) is 0 Å². The maximum absolute atomic E-state index is 12.3. The lowest BCUT2D eigenvalue weighted by Gasteiger charge is -2.36. The van der Waals surface area contributed by atoms with Gasteiger partial charge in [0, 0.05) is 26.2 Å². The Balaban J connectivity index is 1.88. The third-order valence-corrected chi connectivity index (χ3v) is 4.15. The van der Waals surface area contributed by atoms with Crippen LogP contribution in [-0.2, 0) is 4.79 Å². The van der Waals surface area contributed by atoms with Crippen molar-refractivity contribution in [2.75, 3.05) is 26.2 Å². The summed E-state index contributed by atoms with van der Waals surface area (Å²) in [5, 5.41) is 0. The highest BCUT2D eigenvalue weighted by molar-refractivity contribution is 5.91. The second-order valence-electron chi connectivity index (χ2n) is 5.51. The van der Waals surface area contributed by atoms with E-state index in [0.29, 0.717) is 31.9 Å². The van der Waals surface area contributed by atoms with E-state index >= 15 is 0 Å². The fourth-order valence-electron chi connectivity index (χ4n) is 2.39. The Morgan fingerprint density at radius 3 is 2.43 bits per heavy atom. The highest BCUT2D eigenvalue weighted by Gasteiger charge is 2.29. The zero-order valence-corrected chi connectivity index (χ0v) is 12.6. The van der Waals surface area contributed by atoms with E-state index in [1.807, 2.05) is 13.8 Å². The zero-order chi connectivity index (χ0) is 15.4. The molecule has 6 heteroatoms. The summed E-state index contributed by atoms with van der Waals surface area (Å²) in [5.74, 6) is 0.360. The van der Waals surface area contributed by atoms with Crippen LogP contribution in [0, 0.1) is 5.92 Å². The van der Waals surface area contributed by atoms with Crippen molar-refractivity contribution in [3.05, 3.63) is 24.2 Å². The number of carbonyl (C=O) groups is 2. The van der Waals surface area contributed by atoms with Gasteiger partial charge in [-0.15, -0.1) is 0 Å². The first-order valence-corrected chi connectivity index (χ1v) is 7.41. The molecule has 2 rings (SSSR count). The highest BCUT2D eigenvalue weighted by atomic mass is 16.3. The Morgan fingerprint density at radius 2 is 1.90 bits per heavy atom. The van der Waals surface area contributed by atoms with Crippen molar-refractivity contribution in [3.63, 3.8) is 0 Å². The Kier molecular flexibility index (Phi) is 5.01. The van der Waals surface area contributed by atoms with Crippen LogP contribution in [0.25, 0.3) is 0 Å². The van der Waals surface area contributed by atoms with Gasteiger partial charge in [0.1, 0.15) is 0 Å². The standard InChI is InChI=1S/C15H23N3O3/c1-3-11(2)13(16)15(20)18-8-6-17(7-9-18)14(19)12-5-4-10-21-12/h4-5,10-11,13H,3,6-9,16H2,1-2H3/t11?,13-/m0/s1. The van der Waals surface area contributed by atoms with Crippen LogP contribution in [0.15, 0.2) is 22.8 Å². The molecule has 1 aliphatic rings. The minimum absolute atomic E-state index is 0.0190. The highest BCUT2D eigenvalue weighted by Crippen LogP contribution is 2.13. The molecule has 0 bridgehead atoms. The van der Waals surface area contributed by atoms with E-state index < -0.39 is 6.04 Å². The van der Waals surface area contributed by atoms with Gasteiger partial charge in [-0.2, -0.15) is 0 Å². The fourth-order valence-corrected chi connectivity index (χ4v) is 2.39. The number of nitrogens with two attached hydrogens (primary N) is 1. The van der Waals surface area contributed by atoms with Crippen molar-refractivity contribution in [3.8, 4) is 0 Å². The molecule has 6 nitrogen and oxygen atoms in total. The lowest BCUT2D eigenvalue weighted by Crippen LogP contribution is -2.55. The molecule has 1 unspecified atom stereocenters. The SMILES string of the molecule is CCC(C)[C@H](N)C(=O)N1CCN(C(=O)c2ccco2)CC1. The van der Waals surface area contributed by atoms with Crippen molar-refractivity contribution < 1.29 is 14.0 Å². The monoisotopic (exact) mass is 293 g/mol. The first-order chi connectivity index (χ1) is 10.0. The summed E-state index contributed by atoms with van der Waals surface area (Å²) in [6, 6.07) is 2.89. The molecule has 2 amide bonds. The van der Waals surface area contributed by atoms with Gasteiger partial charge in [0.05, 0.1) is 12.3 Å². The molecule has 21 heavy (non-hydrogen) atoms. The largest absolute Gasteiger partial charge is 0.459 e.